The van der Waals surface area contributed by atoms with E-state index in [-0.39, 0.29) is 4.90 Å². The Hall–Kier alpha value is -0.930. The molecule has 1 aliphatic heterocycles. The van der Waals surface area contributed by atoms with Gasteiger partial charge in [0.1, 0.15) is 16.4 Å². The molecule has 21 heavy (non-hydrogen) atoms. The Morgan fingerprint density at radius 1 is 1.33 bits per heavy atom. The van der Waals surface area contributed by atoms with Gasteiger partial charge in [-0.1, -0.05) is 6.92 Å². The zero-order valence-electron chi connectivity index (χ0n) is 12.5. The van der Waals surface area contributed by atoms with Crippen molar-refractivity contribution in [3.05, 3.63) is 17.6 Å². The third-order valence-corrected chi connectivity index (χ3v) is 4.68. The second-order valence-electron chi connectivity index (χ2n) is 5.00. The van der Waals surface area contributed by atoms with Crippen LogP contribution in [0.4, 0.5) is 0 Å². The van der Waals surface area contributed by atoms with E-state index in [0.29, 0.717) is 44.4 Å². The van der Waals surface area contributed by atoms with E-state index < -0.39 is 10.0 Å². The van der Waals surface area contributed by atoms with Crippen LogP contribution in [-0.2, 0) is 21.3 Å². The number of morpholine rings is 1. The first-order valence-corrected chi connectivity index (χ1v) is 8.66. The monoisotopic (exact) mass is 317 g/mol. The normalized spacial score (nSPS) is 17.2. The van der Waals surface area contributed by atoms with E-state index in [1.807, 2.05) is 0 Å². The predicted octanol–water partition coefficient (Wildman–Crippen LogP) is 0.613. The molecule has 1 aliphatic rings. The number of nitrogens with zero attached hydrogens (tertiary/aromatic N) is 1. The van der Waals surface area contributed by atoms with Gasteiger partial charge in [0, 0.05) is 19.2 Å². The summed E-state index contributed by atoms with van der Waals surface area (Å²) in [6.07, 6.45) is 1.02. The molecule has 0 aromatic carbocycles. The topological polar surface area (TPSA) is 83.8 Å². The average molecular weight is 317 g/mol. The van der Waals surface area contributed by atoms with E-state index in [2.05, 4.69) is 17.1 Å². The molecule has 0 saturated carbocycles. The first-order valence-electron chi connectivity index (χ1n) is 7.18. The highest BCUT2D eigenvalue weighted by Crippen LogP contribution is 2.20. The molecule has 2 N–H and O–H groups in total. The molecule has 1 aromatic rings. The van der Waals surface area contributed by atoms with Crippen LogP contribution in [0.5, 0.6) is 0 Å². The van der Waals surface area contributed by atoms with Crippen LogP contribution in [0, 0.1) is 6.92 Å². The molecule has 1 fully saturated rings. The highest BCUT2D eigenvalue weighted by Gasteiger charge is 2.24. The summed E-state index contributed by atoms with van der Waals surface area (Å²) in [7, 11) is -3.60. The fourth-order valence-corrected chi connectivity index (χ4v) is 3.47. The quantitative estimate of drug-likeness (QED) is 0.717. The van der Waals surface area contributed by atoms with Gasteiger partial charge in [-0.2, -0.15) is 0 Å². The molecule has 0 atom stereocenters. The van der Waals surface area contributed by atoms with Gasteiger partial charge in [-0.15, -0.1) is 4.83 Å². The van der Waals surface area contributed by atoms with Gasteiger partial charge in [-0.25, -0.2) is 13.4 Å². The van der Waals surface area contributed by atoms with E-state index in [1.54, 1.807) is 18.0 Å². The van der Waals surface area contributed by atoms with E-state index in [9.17, 15) is 8.42 Å². The Morgan fingerprint density at radius 2 is 2.05 bits per heavy atom. The van der Waals surface area contributed by atoms with Gasteiger partial charge in [0.15, 0.2) is 0 Å². The summed E-state index contributed by atoms with van der Waals surface area (Å²) >= 11 is 0. The van der Waals surface area contributed by atoms with Crippen molar-refractivity contribution in [3.8, 4) is 0 Å². The van der Waals surface area contributed by atoms with Crippen molar-refractivity contribution >= 4 is 10.0 Å². The molecule has 0 unspecified atom stereocenters. The molecule has 7 nitrogen and oxygen atoms in total. The second kappa shape index (κ2) is 7.37. The van der Waals surface area contributed by atoms with Crippen LogP contribution in [0.15, 0.2) is 15.4 Å². The Kier molecular flexibility index (Phi) is 5.77. The predicted molar refractivity (Wildman–Crippen MR) is 78.2 cm³/mol. The number of nitrogens with one attached hydrogen (secondary N) is 2. The van der Waals surface area contributed by atoms with Gasteiger partial charge in [0.05, 0.1) is 19.8 Å². The summed E-state index contributed by atoms with van der Waals surface area (Å²) in [4.78, 5) is 2.77. The van der Waals surface area contributed by atoms with Crippen LogP contribution < -0.4 is 10.1 Å². The lowest BCUT2D eigenvalue weighted by atomic mass is 10.4. The van der Waals surface area contributed by atoms with E-state index in [1.165, 1.54) is 0 Å². The van der Waals surface area contributed by atoms with Crippen molar-refractivity contribution in [2.24, 2.45) is 0 Å². The molecule has 0 radical (unpaired) electrons. The van der Waals surface area contributed by atoms with Crippen LogP contribution in [0.2, 0.25) is 0 Å². The zero-order valence-corrected chi connectivity index (χ0v) is 13.3. The van der Waals surface area contributed by atoms with Crippen LogP contribution in [0.25, 0.3) is 0 Å². The number of hydrogen-bond donors (Lipinski definition) is 2. The minimum atomic E-state index is -3.60. The number of hydrazine groups is 1. The Morgan fingerprint density at radius 3 is 2.71 bits per heavy atom. The third-order valence-electron chi connectivity index (χ3n) is 3.20. The lowest BCUT2D eigenvalue weighted by Gasteiger charge is -2.26. The van der Waals surface area contributed by atoms with Crippen LogP contribution in [0.3, 0.4) is 0 Å². The molecule has 8 heteroatoms. The maximum absolute atomic E-state index is 12.4. The molecule has 2 heterocycles. The number of sulfonamides is 1. The number of aryl methyl sites for hydroxylation is 1. The second-order valence-corrected chi connectivity index (χ2v) is 6.63. The van der Waals surface area contributed by atoms with Gasteiger partial charge < -0.3 is 14.5 Å². The Bertz CT molecular complexity index is 550. The summed E-state index contributed by atoms with van der Waals surface area (Å²) in [6, 6.07) is 1.58. The average Bonchev–Trinajstić information content (AvgIpc) is 2.82. The number of rotatable bonds is 7. The van der Waals surface area contributed by atoms with Crippen molar-refractivity contribution in [2.45, 2.75) is 31.7 Å². The third kappa shape index (κ3) is 4.52. The summed E-state index contributed by atoms with van der Waals surface area (Å²) in [6.45, 7) is 7.27. The van der Waals surface area contributed by atoms with E-state index >= 15 is 0 Å². The summed E-state index contributed by atoms with van der Waals surface area (Å²) in [5.41, 5.74) is 0. The molecule has 2 rings (SSSR count). The fourth-order valence-electron chi connectivity index (χ4n) is 2.14. The van der Waals surface area contributed by atoms with Gasteiger partial charge in [-0.3, -0.25) is 0 Å². The minimum Gasteiger partial charge on any atom is -0.464 e. The van der Waals surface area contributed by atoms with Gasteiger partial charge >= 0.3 is 0 Å². The van der Waals surface area contributed by atoms with Gasteiger partial charge in [-0.05, 0) is 19.9 Å². The highest BCUT2D eigenvalue weighted by atomic mass is 32.2. The Labute approximate surface area is 125 Å². The largest absolute Gasteiger partial charge is 0.464 e. The zero-order chi connectivity index (χ0) is 15.3. The number of hydrogen-bond acceptors (Lipinski definition) is 6. The smallest absolute Gasteiger partial charge is 0.256 e. The van der Waals surface area contributed by atoms with Crippen molar-refractivity contribution in [3.63, 3.8) is 0 Å². The van der Waals surface area contributed by atoms with Crippen molar-refractivity contribution in [1.82, 2.24) is 15.2 Å². The summed E-state index contributed by atoms with van der Waals surface area (Å²) < 4.78 is 35.5. The highest BCUT2D eigenvalue weighted by molar-refractivity contribution is 7.89. The first kappa shape index (κ1) is 16.4. The van der Waals surface area contributed by atoms with Crippen molar-refractivity contribution in [2.75, 3.05) is 32.8 Å². The van der Waals surface area contributed by atoms with Gasteiger partial charge in [0.25, 0.3) is 10.0 Å². The fraction of sp³-hybridized carbons (Fsp3) is 0.692. The lowest BCUT2D eigenvalue weighted by Crippen LogP contribution is -2.48. The number of furan rings is 1. The summed E-state index contributed by atoms with van der Waals surface area (Å²) in [5, 5.41) is 4.84. The van der Waals surface area contributed by atoms with Crippen LogP contribution in [-0.4, -0.2) is 46.3 Å². The molecule has 0 aliphatic carbocycles. The SMILES string of the molecule is CCCNCc1cc(S(=O)(=O)NN2CCOCC2)c(C)o1. The van der Waals surface area contributed by atoms with E-state index in [4.69, 9.17) is 9.15 Å². The van der Waals surface area contributed by atoms with Crippen molar-refractivity contribution in [1.29, 1.82) is 0 Å². The lowest BCUT2D eigenvalue weighted by molar-refractivity contribution is 0.0272. The molecule has 1 aromatic heterocycles. The Balaban J connectivity index is 2.04. The first-order chi connectivity index (χ1) is 10.0. The molecular formula is C13H23N3O4S. The molecular weight excluding hydrogens is 294 g/mol. The van der Waals surface area contributed by atoms with Crippen molar-refractivity contribution < 1.29 is 17.6 Å². The standard InChI is InChI=1S/C13H23N3O4S/c1-3-4-14-10-12-9-13(11(2)20-12)21(17,18)15-16-5-7-19-8-6-16/h9,14-15H,3-8,10H2,1-2H3. The van der Waals surface area contributed by atoms with Gasteiger partial charge in [0.2, 0.25) is 0 Å². The van der Waals surface area contributed by atoms with E-state index in [0.717, 1.165) is 13.0 Å². The maximum Gasteiger partial charge on any atom is 0.256 e. The molecule has 0 amide bonds. The van der Waals surface area contributed by atoms with Crippen LogP contribution >= 0.6 is 0 Å². The molecule has 120 valence electrons. The summed E-state index contributed by atoms with van der Waals surface area (Å²) in [5.74, 6) is 1.03. The number of ether oxygens (including phenoxy) is 1. The molecule has 0 bridgehead atoms. The minimum absolute atomic E-state index is 0.197. The van der Waals surface area contributed by atoms with Crippen LogP contribution in [0.1, 0.15) is 24.9 Å². The molecule has 1 saturated heterocycles. The molecule has 0 spiro atoms. The maximum atomic E-state index is 12.4.